The van der Waals surface area contributed by atoms with E-state index in [0.717, 1.165) is 16.7 Å². The Hall–Kier alpha value is -6.58. The summed E-state index contributed by atoms with van der Waals surface area (Å²) in [5, 5.41) is 10.7. The quantitative estimate of drug-likeness (QED) is 0.0772. The van der Waals surface area contributed by atoms with Crippen LogP contribution in [-0.4, -0.2) is 69.4 Å². The van der Waals surface area contributed by atoms with Crippen LogP contribution in [0.15, 0.2) is 73.1 Å². The number of rotatable bonds is 13. The summed E-state index contributed by atoms with van der Waals surface area (Å²) in [5.41, 5.74) is 3.22. The molecule has 60 heavy (non-hydrogen) atoms. The fourth-order valence-electron chi connectivity index (χ4n) is 5.17. The fraction of sp³-hybridized carbons (Fsp3) is 0.409. The van der Waals surface area contributed by atoms with Gasteiger partial charge in [0.2, 0.25) is 5.91 Å². The predicted octanol–water partition coefficient (Wildman–Crippen LogP) is 7.52. The predicted molar refractivity (Wildman–Crippen MR) is 229 cm³/mol. The summed E-state index contributed by atoms with van der Waals surface area (Å²) in [6, 6.07) is 17.2. The van der Waals surface area contributed by atoms with Crippen LogP contribution in [0, 0.1) is 0 Å². The Kier molecular flexibility index (Phi) is 18.6. The van der Waals surface area contributed by atoms with Gasteiger partial charge in [0.05, 0.1) is 17.8 Å². The van der Waals surface area contributed by atoms with Crippen molar-refractivity contribution in [3.8, 4) is 0 Å². The van der Waals surface area contributed by atoms with Crippen molar-refractivity contribution in [2.24, 2.45) is 14.1 Å². The molecule has 4 aromatic rings. The van der Waals surface area contributed by atoms with Gasteiger partial charge in [-0.15, -0.1) is 0 Å². The van der Waals surface area contributed by atoms with Crippen molar-refractivity contribution in [1.29, 1.82) is 0 Å². The molecule has 0 fully saturated rings. The van der Waals surface area contributed by atoms with Gasteiger partial charge in [0.1, 0.15) is 35.8 Å². The first-order valence-corrected chi connectivity index (χ1v) is 19.0. The molecule has 0 aliphatic rings. The third kappa shape index (κ3) is 17.1. The molecule has 0 unspecified atom stereocenters. The van der Waals surface area contributed by atoms with Gasteiger partial charge in [0, 0.05) is 45.1 Å². The molecule has 4 rings (SSSR count). The van der Waals surface area contributed by atoms with Gasteiger partial charge in [0.15, 0.2) is 0 Å². The number of hydrogen-bond donors (Lipinski definition) is 4. The number of amides is 4. The zero-order valence-corrected chi connectivity index (χ0v) is 35.4. The average molecular weight is 833 g/mol. The Morgan fingerprint density at radius 3 is 1.35 bits per heavy atom. The van der Waals surface area contributed by atoms with Crippen LogP contribution in [0.4, 0.5) is 21.0 Å². The molecule has 4 amide bonds. The molecule has 4 N–H and O–H groups in total. The van der Waals surface area contributed by atoms with Crippen molar-refractivity contribution in [2.75, 3.05) is 23.7 Å². The number of hydrogen-bond acceptors (Lipinski definition) is 10. The Morgan fingerprint density at radius 1 is 0.583 bits per heavy atom. The number of nitrogens with zero attached hydrogens (tertiary/aromatic N) is 2. The normalized spacial score (nSPS) is 10.8. The Balaban J connectivity index is 0.000000407. The summed E-state index contributed by atoms with van der Waals surface area (Å²) in [6.07, 6.45) is 2.32. The van der Waals surface area contributed by atoms with E-state index in [1.165, 1.54) is 12.1 Å². The van der Waals surface area contributed by atoms with Gasteiger partial charge in [-0.1, -0.05) is 43.8 Å². The van der Waals surface area contributed by atoms with Crippen LogP contribution in [0.25, 0.3) is 0 Å². The molecule has 0 aliphatic carbocycles. The second-order valence-corrected chi connectivity index (χ2v) is 15.4. The van der Waals surface area contributed by atoms with E-state index in [-0.39, 0.29) is 38.1 Å². The van der Waals surface area contributed by atoms with Gasteiger partial charge in [-0.3, -0.25) is 20.2 Å². The van der Waals surface area contributed by atoms with E-state index in [1.54, 1.807) is 101 Å². The maximum atomic E-state index is 12.4. The van der Waals surface area contributed by atoms with Crippen molar-refractivity contribution < 1.29 is 47.7 Å². The van der Waals surface area contributed by atoms with E-state index in [1.807, 2.05) is 38.1 Å². The van der Waals surface area contributed by atoms with Crippen molar-refractivity contribution in [1.82, 2.24) is 19.8 Å². The molecular formula is C44H60N6O10. The lowest BCUT2D eigenvalue weighted by Gasteiger charge is -2.19. The minimum atomic E-state index is -0.618. The van der Waals surface area contributed by atoms with Crippen LogP contribution in [0.5, 0.6) is 0 Å². The number of ether oxygens (including phenoxy) is 4. The molecule has 0 atom stereocenters. The molecule has 2 heterocycles. The van der Waals surface area contributed by atoms with E-state index >= 15 is 0 Å². The van der Waals surface area contributed by atoms with Gasteiger partial charge in [-0.25, -0.2) is 19.2 Å². The van der Waals surface area contributed by atoms with Gasteiger partial charge in [0.25, 0.3) is 5.91 Å². The van der Waals surface area contributed by atoms with Gasteiger partial charge < -0.3 is 38.7 Å². The monoisotopic (exact) mass is 832 g/mol. The lowest BCUT2D eigenvalue weighted by molar-refractivity contribution is -0.120. The molecule has 16 nitrogen and oxygen atoms in total. The number of carbonyl (C=O) groups is 6. The first kappa shape index (κ1) is 49.6. The molecule has 0 bridgehead atoms. The number of anilines is 2. The van der Waals surface area contributed by atoms with Gasteiger partial charge in [-0.2, -0.15) is 0 Å². The summed E-state index contributed by atoms with van der Waals surface area (Å²) in [4.78, 5) is 71.9. The fourth-order valence-corrected chi connectivity index (χ4v) is 5.17. The second-order valence-electron chi connectivity index (χ2n) is 15.4. The number of benzene rings is 2. The molecule has 0 radical (unpaired) electrons. The number of aromatic nitrogens is 2. The maximum Gasteiger partial charge on any atom is 0.412 e. The van der Waals surface area contributed by atoms with Crippen molar-refractivity contribution in [2.45, 2.75) is 93.7 Å². The van der Waals surface area contributed by atoms with Crippen LogP contribution in [0.3, 0.4) is 0 Å². The second kappa shape index (κ2) is 22.5. The standard InChI is InChI=1S/C22H29N3O5.C21H27N3O5.CH4/c1-6-23-19(26)11-15-7-9-16(10-8-15)14-29-20(27)18-12-17(13-25(18)5)24-21(28)30-22(2,3)4;1-6-22-18(25)15-9-7-14(8-10-15)13-28-19(26)17-11-16(12-24(17)5)23-20(27)29-21(2,3)4;/h7-10,12-13H,6,11,14H2,1-5H3,(H,23,26)(H,24,28);7-12H,6,13H2,1-5H3,(H,22,25)(H,23,27);1H4. The summed E-state index contributed by atoms with van der Waals surface area (Å²) in [6.45, 7) is 15.7. The van der Waals surface area contributed by atoms with Gasteiger partial charge >= 0.3 is 24.1 Å². The average Bonchev–Trinajstić information content (AvgIpc) is 3.69. The number of nitrogens with one attached hydrogen (secondary N) is 4. The highest BCUT2D eigenvalue weighted by Crippen LogP contribution is 2.19. The first-order chi connectivity index (χ1) is 27.7. The van der Waals surface area contributed by atoms with E-state index in [4.69, 9.17) is 18.9 Å². The summed E-state index contributed by atoms with van der Waals surface area (Å²) in [7, 11) is 3.37. The topological polar surface area (TPSA) is 197 Å². The van der Waals surface area contributed by atoms with E-state index < -0.39 is 35.3 Å². The van der Waals surface area contributed by atoms with E-state index in [2.05, 4.69) is 21.3 Å². The lowest BCUT2D eigenvalue weighted by Crippen LogP contribution is -2.27. The van der Waals surface area contributed by atoms with Crippen LogP contribution >= 0.6 is 0 Å². The minimum Gasteiger partial charge on any atom is -0.456 e. The Labute approximate surface area is 352 Å². The van der Waals surface area contributed by atoms with Crippen molar-refractivity contribution in [3.63, 3.8) is 0 Å². The molecule has 0 saturated carbocycles. The van der Waals surface area contributed by atoms with Crippen LogP contribution < -0.4 is 21.3 Å². The molecule has 16 heteroatoms. The summed E-state index contributed by atoms with van der Waals surface area (Å²) < 4.78 is 24.2. The van der Waals surface area contributed by atoms with Crippen LogP contribution in [-0.2, 0) is 57.5 Å². The summed E-state index contributed by atoms with van der Waals surface area (Å²) in [5.74, 6) is -1.22. The van der Waals surface area contributed by atoms with Gasteiger partial charge in [-0.05, 0) is 96.3 Å². The molecule has 0 spiro atoms. The third-order valence-corrected chi connectivity index (χ3v) is 7.77. The SMILES string of the molecule is C.CCNC(=O)Cc1ccc(COC(=O)c2cc(NC(=O)OC(C)(C)C)cn2C)cc1.CCNC(=O)c1ccc(COC(=O)c2cc(NC(=O)OC(C)(C)C)cn2C)cc1. The van der Waals surface area contributed by atoms with Crippen LogP contribution in [0.2, 0.25) is 0 Å². The number of likely N-dealkylation sites (N-methyl/N-ethyl adjacent to an activating group) is 1. The van der Waals surface area contributed by atoms with Crippen LogP contribution in [0.1, 0.15) is 111 Å². The number of esters is 2. The highest BCUT2D eigenvalue weighted by atomic mass is 16.6. The van der Waals surface area contributed by atoms with Crippen molar-refractivity contribution in [3.05, 3.63) is 107 Å². The zero-order valence-electron chi connectivity index (χ0n) is 35.4. The molecule has 0 saturated heterocycles. The Morgan fingerprint density at radius 2 is 0.967 bits per heavy atom. The highest BCUT2D eigenvalue weighted by Gasteiger charge is 2.21. The third-order valence-electron chi connectivity index (χ3n) is 7.77. The van der Waals surface area contributed by atoms with Crippen molar-refractivity contribution >= 4 is 47.3 Å². The maximum absolute atomic E-state index is 12.4. The minimum absolute atomic E-state index is 0. The number of carbonyl (C=O) groups excluding carboxylic acids is 6. The Bertz CT molecular complexity index is 2070. The van der Waals surface area contributed by atoms with E-state index in [9.17, 15) is 28.8 Å². The number of aryl methyl sites for hydroxylation is 2. The molecule has 0 aliphatic heterocycles. The highest BCUT2D eigenvalue weighted by molar-refractivity contribution is 5.94. The molecule has 2 aromatic heterocycles. The summed E-state index contributed by atoms with van der Waals surface area (Å²) >= 11 is 0. The molecule has 326 valence electrons. The zero-order chi connectivity index (χ0) is 43.9. The lowest BCUT2D eigenvalue weighted by atomic mass is 10.1. The van der Waals surface area contributed by atoms with E-state index in [0.29, 0.717) is 42.1 Å². The smallest absolute Gasteiger partial charge is 0.412 e. The molecule has 2 aromatic carbocycles. The first-order valence-electron chi connectivity index (χ1n) is 19.0. The largest absolute Gasteiger partial charge is 0.456 e. The molecular weight excluding hydrogens is 773 g/mol.